The van der Waals surface area contributed by atoms with E-state index < -0.39 is 0 Å². The first-order valence-corrected chi connectivity index (χ1v) is 13.0. The summed E-state index contributed by atoms with van der Waals surface area (Å²) in [5, 5.41) is 9.69. The first-order chi connectivity index (χ1) is 18.8. The van der Waals surface area contributed by atoms with Crippen LogP contribution in [0.1, 0.15) is 45.5 Å². The number of nitriles is 1. The van der Waals surface area contributed by atoms with Crippen LogP contribution in [0.3, 0.4) is 0 Å². The number of benzene rings is 1. The molecule has 0 saturated heterocycles. The molecule has 0 spiro atoms. The Hall–Kier alpha value is -4.42. The summed E-state index contributed by atoms with van der Waals surface area (Å²) >= 11 is 6.57. The van der Waals surface area contributed by atoms with Crippen LogP contribution in [0.5, 0.6) is 5.75 Å². The summed E-state index contributed by atoms with van der Waals surface area (Å²) in [5.74, 6) is 1.20. The van der Waals surface area contributed by atoms with Gasteiger partial charge in [-0.15, -0.1) is 0 Å². The zero-order valence-corrected chi connectivity index (χ0v) is 22.7. The topological polar surface area (TPSA) is 106 Å². The number of imidazole rings is 1. The lowest BCUT2D eigenvalue weighted by Gasteiger charge is -2.30. The summed E-state index contributed by atoms with van der Waals surface area (Å²) in [7, 11) is 1.68. The highest BCUT2D eigenvalue weighted by atomic mass is 35.5. The molecular formula is C29H27ClN6O3. The predicted molar refractivity (Wildman–Crippen MR) is 147 cm³/mol. The summed E-state index contributed by atoms with van der Waals surface area (Å²) < 4.78 is 9.10. The van der Waals surface area contributed by atoms with E-state index in [1.807, 2.05) is 36.7 Å². The van der Waals surface area contributed by atoms with Gasteiger partial charge in [-0.25, -0.2) is 4.98 Å². The minimum absolute atomic E-state index is 0.119. The maximum atomic E-state index is 13.9. The van der Waals surface area contributed by atoms with Gasteiger partial charge >= 0.3 is 0 Å². The average molecular weight is 543 g/mol. The molecule has 9 nitrogen and oxygen atoms in total. The standard InChI is InChI=1S/C29H27ClN6O3/c1-4-39-27-11-21(33-14-20(27)13-31)16-36-7-5-22-23(25-17-34(3)28(37)12-26(25)30)9-19(10-24(22)29(36)38)15-35-8-6-32-18(35)2/h6,8-12,14,17H,4-5,7,15-16H2,1-3H3. The number of ether oxygens (including phenoxy) is 1. The van der Waals surface area contributed by atoms with Crippen LogP contribution in [0.4, 0.5) is 0 Å². The van der Waals surface area contributed by atoms with E-state index in [-0.39, 0.29) is 18.0 Å². The minimum atomic E-state index is -0.202. The van der Waals surface area contributed by atoms with Crippen molar-refractivity contribution in [1.29, 1.82) is 5.26 Å². The number of rotatable bonds is 7. The number of hydrogen-bond acceptors (Lipinski definition) is 6. The highest BCUT2D eigenvalue weighted by Gasteiger charge is 2.29. The van der Waals surface area contributed by atoms with Crippen molar-refractivity contribution >= 4 is 17.5 Å². The third-order valence-corrected chi connectivity index (χ3v) is 7.21. The number of halogens is 1. The van der Waals surface area contributed by atoms with Crippen molar-refractivity contribution in [1.82, 2.24) is 24.0 Å². The fourth-order valence-electron chi connectivity index (χ4n) is 4.88. The maximum Gasteiger partial charge on any atom is 0.254 e. The first kappa shape index (κ1) is 26.2. The second-order valence-corrected chi connectivity index (χ2v) is 9.86. The van der Waals surface area contributed by atoms with E-state index in [1.165, 1.54) is 16.8 Å². The molecule has 0 aliphatic carbocycles. The van der Waals surface area contributed by atoms with Gasteiger partial charge in [0, 0.05) is 68.2 Å². The number of fused-ring (bicyclic) bond motifs is 1. The van der Waals surface area contributed by atoms with E-state index in [4.69, 9.17) is 16.3 Å². The number of pyridine rings is 2. The van der Waals surface area contributed by atoms with Gasteiger partial charge in [-0.2, -0.15) is 5.26 Å². The second-order valence-electron chi connectivity index (χ2n) is 9.45. The second kappa shape index (κ2) is 10.8. The van der Waals surface area contributed by atoms with Crippen LogP contribution in [0.25, 0.3) is 11.1 Å². The number of carbonyl (C=O) groups excluding carboxylic acids is 1. The molecule has 198 valence electrons. The molecular weight excluding hydrogens is 516 g/mol. The highest BCUT2D eigenvalue weighted by molar-refractivity contribution is 6.33. The Kier molecular flexibility index (Phi) is 7.22. The smallest absolute Gasteiger partial charge is 0.254 e. The normalized spacial score (nSPS) is 12.8. The van der Waals surface area contributed by atoms with Gasteiger partial charge in [-0.05, 0) is 49.1 Å². The van der Waals surface area contributed by atoms with Crippen molar-refractivity contribution < 1.29 is 9.53 Å². The van der Waals surface area contributed by atoms with Gasteiger partial charge in [-0.1, -0.05) is 11.6 Å². The fourth-order valence-corrected chi connectivity index (χ4v) is 5.13. The number of carbonyl (C=O) groups is 1. The van der Waals surface area contributed by atoms with E-state index in [0.29, 0.717) is 59.3 Å². The number of nitrogens with zero attached hydrogens (tertiary/aromatic N) is 6. The quantitative estimate of drug-likeness (QED) is 0.348. The molecule has 0 atom stereocenters. The van der Waals surface area contributed by atoms with E-state index in [9.17, 15) is 14.9 Å². The number of aromatic nitrogens is 4. The van der Waals surface area contributed by atoms with Gasteiger partial charge < -0.3 is 18.8 Å². The molecule has 5 rings (SSSR count). The lowest BCUT2D eigenvalue weighted by atomic mass is 9.88. The van der Waals surface area contributed by atoms with Gasteiger partial charge in [0.05, 0.1) is 23.9 Å². The van der Waals surface area contributed by atoms with Crippen LogP contribution < -0.4 is 10.3 Å². The van der Waals surface area contributed by atoms with Gasteiger partial charge in [-0.3, -0.25) is 14.6 Å². The molecule has 0 radical (unpaired) electrons. The first-order valence-electron chi connectivity index (χ1n) is 12.6. The molecule has 1 aromatic carbocycles. The Morgan fingerprint density at radius 1 is 1.10 bits per heavy atom. The molecule has 0 fully saturated rings. The molecule has 39 heavy (non-hydrogen) atoms. The van der Waals surface area contributed by atoms with Crippen LogP contribution in [-0.4, -0.2) is 43.1 Å². The molecule has 0 N–H and O–H groups in total. The van der Waals surface area contributed by atoms with Crippen molar-refractivity contribution in [3.05, 3.63) is 98.2 Å². The SMILES string of the molecule is CCOc1cc(CN2CCc3c(cc(Cn4ccnc4C)cc3-c3cn(C)c(=O)cc3Cl)C2=O)ncc1C#N. The van der Waals surface area contributed by atoms with E-state index >= 15 is 0 Å². The summed E-state index contributed by atoms with van der Waals surface area (Å²) in [6.45, 7) is 5.49. The Bertz CT molecular complexity index is 1680. The van der Waals surface area contributed by atoms with Crippen molar-refractivity contribution in [2.75, 3.05) is 13.2 Å². The Balaban J connectivity index is 1.56. The molecule has 4 heterocycles. The molecule has 0 saturated carbocycles. The molecule has 4 aromatic rings. The molecule has 1 aliphatic rings. The largest absolute Gasteiger partial charge is 0.492 e. The zero-order valence-electron chi connectivity index (χ0n) is 21.9. The summed E-state index contributed by atoms with van der Waals surface area (Å²) in [5.41, 5.74) is 4.74. The lowest BCUT2D eigenvalue weighted by Crippen LogP contribution is -2.37. The maximum absolute atomic E-state index is 13.9. The summed E-state index contributed by atoms with van der Waals surface area (Å²) in [4.78, 5) is 36.5. The number of hydrogen-bond donors (Lipinski definition) is 0. The average Bonchev–Trinajstić information content (AvgIpc) is 3.32. The Morgan fingerprint density at radius 3 is 2.62 bits per heavy atom. The molecule has 1 amide bonds. The van der Waals surface area contributed by atoms with Gasteiger partial charge in [0.15, 0.2) is 0 Å². The molecule has 10 heteroatoms. The highest BCUT2D eigenvalue weighted by Crippen LogP contribution is 2.36. The van der Waals surface area contributed by atoms with Gasteiger partial charge in [0.25, 0.3) is 11.5 Å². The third kappa shape index (κ3) is 5.16. The predicted octanol–water partition coefficient (Wildman–Crippen LogP) is 4.12. The zero-order chi connectivity index (χ0) is 27.7. The van der Waals surface area contributed by atoms with Crippen LogP contribution in [-0.2, 0) is 26.6 Å². The van der Waals surface area contributed by atoms with Crippen LogP contribution in [0.15, 0.2) is 53.8 Å². The number of aryl methyl sites for hydroxylation is 2. The third-order valence-electron chi connectivity index (χ3n) is 6.90. The fraction of sp³-hybridized carbons (Fsp3) is 0.276. The van der Waals surface area contributed by atoms with E-state index in [2.05, 4.69) is 16.0 Å². The number of amides is 1. The summed E-state index contributed by atoms with van der Waals surface area (Å²) in [6, 6.07) is 9.19. The minimum Gasteiger partial charge on any atom is -0.492 e. The van der Waals surface area contributed by atoms with Crippen molar-refractivity contribution in [2.24, 2.45) is 7.05 Å². The summed E-state index contributed by atoms with van der Waals surface area (Å²) in [6.07, 6.45) is 7.45. The van der Waals surface area contributed by atoms with Gasteiger partial charge in [0.1, 0.15) is 23.2 Å². The monoisotopic (exact) mass is 542 g/mol. The van der Waals surface area contributed by atoms with Crippen molar-refractivity contribution in [3.8, 4) is 22.9 Å². The molecule has 0 bridgehead atoms. The molecule has 0 unspecified atom stereocenters. The van der Waals surface area contributed by atoms with Crippen molar-refractivity contribution in [2.45, 2.75) is 33.4 Å². The molecule has 1 aliphatic heterocycles. The molecule has 3 aromatic heterocycles. The Morgan fingerprint density at radius 2 is 1.90 bits per heavy atom. The van der Waals surface area contributed by atoms with E-state index in [1.54, 1.807) is 30.4 Å². The van der Waals surface area contributed by atoms with Crippen molar-refractivity contribution in [3.63, 3.8) is 0 Å². The van der Waals surface area contributed by atoms with E-state index in [0.717, 1.165) is 22.5 Å². The van der Waals surface area contributed by atoms with Crippen LogP contribution in [0.2, 0.25) is 5.02 Å². The lowest BCUT2D eigenvalue weighted by molar-refractivity contribution is 0.0724. The van der Waals surface area contributed by atoms with Crippen LogP contribution >= 0.6 is 11.6 Å². The van der Waals surface area contributed by atoms with Crippen LogP contribution in [0, 0.1) is 18.3 Å². The van der Waals surface area contributed by atoms with Gasteiger partial charge in [0.2, 0.25) is 0 Å². The Labute approximate surface area is 230 Å².